The summed E-state index contributed by atoms with van der Waals surface area (Å²) in [4.78, 5) is 34.6. The Morgan fingerprint density at radius 3 is 2.55 bits per heavy atom. The summed E-state index contributed by atoms with van der Waals surface area (Å²) in [6.45, 7) is 0. The Hall–Kier alpha value is -2.45. The van der Waals surface area contributed by atoms with Crippen molar-refractivity contribution < 1.29 is 19.1 Å². The van der Waals surface area contributed by atoms with Crippen LogP contribution in [-0.4, -0.2) is 24.8 Å². The van der Waals surface area contributed by atoms with Crippen LogP contribution in [0.3, 0.4) is 0 Å². The SMILES string of the molecule is COC(=O)C(=O)[C@@H]1CC=C[C@@H]1C(=C=O)c1ccccc1. The summed E-state index contributed by atoms with van der Waals surface area (Å²) in [5.74, 6) is -0.579. The molecule has 4 heteroatoms. The minimum absolute atomic E-state index is 0.390. The van der Waals surface area contributed by atoms with Crippen LogP contribution in [0.2, 0.25) is 0 Å². The van der Waals surface area contributed by atoms with Crippen molar-refractivity contribution in [1.29, 1.82) is 0 Å². The van der Waals surface area contributed by atoms with E-state index in [9.17, 15) is 14.4 Å². The van der Waals surface area contributed by atoms with Gasteiger partial charge in [-0.15, -0.1) is 0 Å². The fraction of sp³-hybridized carbons (Fsp3) is 0.250. The molecule has 0 bridgehead atoms. The Kier molecular flexibility index (Phi) is 4.28. The number of ether oxygens (including phenoxy) is 1. The van der Waals surface area contributed by atoms with Gasteiger partial charge in [0.2, 0.25) is 5.78 Å². The molecule has 102 valence electrons. The number of Topliss-reactive ketones (excluding diaryl/α,β-unsaturated/α-hetero) is 1. The summed E-state index contributed by atoms with van der Waals surface area (Å²) >= 11 is 0. The van der Waals surface area contributed by atoms with Crippen LogP contribution < -0.4 is 0 Å². The van der Waals surface area contributed by atoms with Crippen LogP contribution in [0.5, 0.6) is 0 Å². The van der Waals surface area contributed by atoms with E-state index in [1.54, 1.807) is 24.3 Å². The second-order valence-corrected chi connectivity index (χ2v) is 4.53. The van der Waals surface area contributed by atoms with Crippen molar-refractivity contribution >= 4 is 23.3 Å². The van der Waals surface area contributed by atoms with Gasteiger partial charge in [0.1, 0.15) is 5.94 Å². The first kappa shape index (κ1) is 14.0. The Labute approximate surface area is 116 Å². The van der Waals surface area contributed by atoms with E-state index in [-0.39, 0.29) is 0 Å². The van der Waals surface area contributed by atoms with Gasteiger partial charge in [0.15, 0.2) is 0 Å². The minimum Gasteiger partial charge on any atom is -0.463 e. The van der Waals surface area contributed by atoms with Crippen molar-refractivity contribution in [2.75, 3.05) is 7.11 Å². The number of ketones is 1. The lowest BCUT2D eigenvalue weighted by atomic mass is 9.83. The minimum atomic E-state index is -0.873. The molecule has 2 rings (SSSR count). The van der Waals surface area contributed by atoms with Gasteiger partial charge in [0.25, 0.3) is 0 Å². The standard InChI is InChI=1S/C16H14O4/c1-20-16(19)15(18)13-9-5-8-12(13)14(10-17)11-6-3-2-4-7-11/h2-8,12-13H,9H2,1H3/t12-,13+/m0/s1. The van der Waals surface area contributed by atoms with E-state index in [1.807, 2.05) is 24.1 Å². The molecule has 0 radical (unpaired) electrons. The smallest absolute Gasteiger partial charge is 0.374 e. The van der Waals surface area contributed by atoms with E-state index >= 15 is 0 Å². The van der Waals surface area contributed by atoms with Crippen molar-refractivity contribution in [1.82, 2.24) is 0 Å². The highest BCUT2D eigenvalue weighted by atomic mass is 16.5. The molecule has 1 aliphatic carbocycles. The van der Waals surface area contributed by atoms with Gasteiger partial charge in [-0.3, -0.25) is 4.79 Å². The normalized spacial score (nSPS) is 20.2. The lowest BCUT2D eigenvalue weighted by Crippen LogP contribution is -2.28. The summed E-state index contributed by atoms with van der Waals surface area (Å²) in [5, 5.41) is 0. The van der Waals surface area contributed by atoms with Gasteiger partial charge < -0.3 is 4.74 Å². The average molecular weight is 270 g/mol. The molecule has 0 amide bonds. The van der Waals surface area contributed by atoms with Gasteiger partial charge in [-0.25, -0.2) is 9.59 Å². The van der Waals surface area contributed by atoms with Crippen LogP contribution in [0.25, 0.3) is 5.57 Å². The van der Waals surface area contributed by atoms with E-state index in [1.165, 1.54) is 7.11 Å². The molecule has 1 aromatic rings. The largest absolute Gasteiger partial charge is 0.463 e. The lowest BCUT2D eigenvalue weighted by molar-refractivity contribution is -0.153. The molecule has 0 saturated heterocycles. The van der Waals surface area contributed by atoms with Crippen LogP contribution in [0.15, 0.2) is 42.5 Å². The van der Waals surface area contributed by atoms with E-state index in [0.29, 0.717) is 17.6 Å². The highest BCUT2D eigenvalue weighted by Gasteiger charge is 2.36. The molecule has 0 fully saturated rings. The maximum atomic E-state index is 12.0. The third-order valence-corrected chi connectivity index (χ3v) is 3.42. The molecule has 0 unspecified atom stereocenters. The van der Waals surface area contributed by atoms with Crippen LogP contribution in [0, 0.1) is 11.8 Å². The third kappa shape index (κ3) is 2.60. The quantitative estimate of drug-likeness (QED) is 0.362. The summed E-state index contributed by atoms with van der Waals surface area (Å²) in [6, 6.07) is 9.02. The number of hydrogen-bond donors (Lipinski definition) is 0. The maximum Gasteiger partial charge on any atom is 0.374 e. The second-order valence-electron chi connectivity index (χ2n) is 4.53. The predicted octanol–water partition coefficient (Wildman–Crippen LogP) is 1.84. The number of benzene rings is 1. The molecule has 2 atom stereocenters. The monoisotopic (exact) mass is 270 g/mol. The Morgan fingerprint density at radius 1 is 1.25 bits per heavy atom. The van der Waals surface area contributed by atoms with Crippen LogP contribution >= 0.6 is 0 Å². The van der Waals surface area contributed by atoms with E-state index < -0.39 is 23.6 Å². The van der Waals surface area contributed by atoms with Crippen molar-refractivity contribution in [3.8, 4) is 0 Å². The number of methoxy groups -OCH3 is 1. The van der Waals surface area contributed by atoms with Gasteiger partial charge in [-0.05, 0) is 12.0 Å². The zero-order valence-corrected chi connectivity index (χ0v) is 11.0. The molecular weight excluding hydrogens is 256 g/mol. The summed E-state index contributed by atoms with van der Waals surface area (Å²) in [5.41, 5.74) is 1.10. The molecule has 20 heavy (non-hydrogen) atoms. The summed E-state index contributed by atoms with van der Waals surface area (Å²) in [6.07, 6.45) is 4.01. The maximum absolute atomic E-state index is 12.0. The van der Waals surface area contributed by atoms with E-state index in [0.717, 1.165) is 0 Å². The molecule has 0 aromatic heterocycles. The van der Waals surface area contributed by atoms with Crippen molar-refractivity contribution in [2.24, 2.45) is 11.8 Å². The summed E-state index contributed by atoms with van der Waals surface area (Å²) in [7, 11) is 1.17. The number of rotatable bonds is 4. The number of esters is 1. The molecule has 0 aliphatic heterocycles. The van der Waals surface area contributed by atoms with Gasteiger partial charge in [-0.2, -0.15) is 0 Å². The molecule has 0 N–H and O–H groups in total. The Bertz CT molecular complexity index is 594. The lowest BCUT2D eigenvalue weighted by Gasteiger charge is -2.18. The Morgan fingerprint density at radius 2 is 1.95 bits per heavy atom. The van der Waals surface area contributed by atoms with Crippen molar-refractivity contribution in [3.63, 3.8) is 0 Å². The zero-order chi connectivity index (χ0) is 14.5. The molecule has 0 heterocycles. The first-order chi connectivity index (χ1) is 9.69. The first-order valence-corrected chi connectivity index (χ1v) is 6.28. The van der Waals surface area contributed by atoms with Crippen LogP contribution in [0.1, 0.15) is 12.0 Å². The van der Waals surface area contributed by atoms with Gasteiger partial charge in [0.05, 0.1) is 12.7 Å². The average Bonchev–Trinajstić information content (AvgIpc) is 2.97. The van der Waals surface area contributed by atoms with E-state index in [4.69, 9.17) is 0 Å². The molecule has 1 aromatic carbocycles. The molecular formula is C16H14O4. The zero-order valence-electron chi connectivity index (χ0n) is 11.0. The molecule has 4 nitrogen and oxygen atoms in total. The van der Waals surface area contributed by atoms with Crippen molar-refractivity contribution in [2.45, 2.75) is 6.42 Å². The number of hydrogen-bond acceptors (Lipinski definition) is 4. The molecule has 1 aliphatic rings. The van der Waals surface area contributed by atoms with Crippen LogP contribution in [0.4, 0.5) is 0 Å². The third-order valence-electron chi connectivity index (χ3n) is 3.42. The fourth-order valence-corrected chi connectivity index (χ4v) is 2.41. The topological polar surface area (TPSA) is 60.4 Å². The predicted molar refractivity (Wildman–Crippen MR) is 73.3 cm³/mol. The van der Waals surface area contributed by atoms with Crippen LogP contribution in [-0.2, 0) is 19.1 Å². The van der Waals surface area contributed by atoms with Gasteiger partial charge in [-0.1, -0.05) is 42.5 Å². The highest BCUT2D eigenvalue weighted by molar-refractivity contribution is 6.34. The molecule has 0 saturated carbocycles. The fourth-order valence-electron chi connectivity index (χ4n) is 2.41. The van der Waals surface area contributed by atoms with Crippen molar-refractivity contribution in [3.05, 3.63) is 48.0 Å². The number of allylic oxidation sites excluding steroid dienone is 3. The number of carbonyl (C=O) groups is 2. The second kappa shape index (κ2) is 6.13. The molecule has 0 spiro atoms. The Balaban J connectivity index is 2.31. The summed E-state index contributed by atoms with van der Waals surface area (Å²) < 4.78 is 4.47. The van der Waals surface area contributed by atoms with Gasteiger partial charge >= 0.3 is 5.97 Å². The number of carbonyl (C=O) groups excluding carboxylic acids is 3. The van der Waals surface area contributed by atoms with Gasteiger partial charge in [0, 0.05) is 11.8 Å². The van der Waals surface area contributed by atoms with E-state index in [2.05, 4.69) is 4.74 Å². The first-order valence-electron chi connectivity index (χ1n) is 6.28. The highest BCUT2D eigenvalue weighted by Crippen LogP contribution is 2.35.